The van der Waals surface area contributed by atoms with E-state index in [1.165, 1.54) is 13.3 Å². The van der Waals surface area contributed by atoms with Crippen molar-refractivity contribution in [2.45, 2.75) is 32.1 Å². The first-order valence-electron chi connectivity index (χ1n) is 10.4. The van der Waals surface area contributed by atoms with Crippen molar-refractivity contribution in [1.82, 2.24) is 4.98 Å². The number of nitrogens with two attached hydrogens (primary N) is 3. The molecule has 1 aliphatic rings. The first kappa shape index (κ1) is 23.2. The van der Waals surface area contributed by atoms with Crippen molar-refractivity contribution in [3.05, 3.63) is 59.2 Å². The van der Waals surface area contributed by atoms with Gasteiger partial charge in [-0.05, 0) is 31.4 Å². The Morgan fingerprint density at radius 2 is 2.03 bits per heavy atom. The predicted octanol–water partition coefficient (Wildman–Crippen LogP) is 4.35. The molecule has 1 heterocycles. The molecule has 0 amide bonds. The van der Waals surface area contributed by atoms with Crippen LogP contribution in [0.2, 0.25) is 0 Å². The Labute approximate surface area is 186 Å². The number of nitrogens with zero attached hydrogens (tertiary/aromatic N) is 2. The van der Waals surface area contributed by atoms with Gasteiger partial charge < -0.3 is 21.9 Å². The van der Waals surface area contributed by atoms with Crippen molar-refractivity contribution in [3.63, 3.8) is 0 Å². The molecule has 1 aliphatic carbocycles. The molecule has 1 saturated carbocycles. The summed E-state index contributed by atoms with van der Waals surface area (Å²) in [6, 6.07) is 9.40. The van der Waals surface area contributed by atoms with Gasteiger partial charge in [0, 0.05) is 71.5 Å². The number of alkyl halides is 2. The first-order valence-corrected chi connectivity index (χ1v) is 10.4. The van der Waals surface area contributed by atoms with Gasteiger partial charge >= 0.3 is 0 Å². The molecule has 6 N–H and O–H groups in total. The number of nitrogen functional groups attached to an aromatic ring is 1. The molecule has 0 saturated heterocycles. The molecule has 3 rings (SSSR count). The summed E-state index contributed by atoms with van der Waals surface area (Å²) in [4.78, 5) is 9.11. The van der Waals surface area contributed by atoms with Gasteiger partial charge in [-0.3, -0.25) is 9.98 Å². The summed E-state index contributed by atoms with van der Waals surface area (Å²) in [5.74, 6) is -2.21. The van der Waals surface area contributed by atoms with Gasteiger partial charge in [0.2, 0.25) is 5.92 Å². The maximum Gasteiger partial charge on any atom is 0.248 e. The summed E-state index contributed by atoms with van der Waals surface area (Å²) in [7, 11) is 1.49. The Morgan fingerprint density at radius 1 is 1.28 bits per heavy atom. The Hall–Kier alpha value is -3.42. The highest BCUT2D eigenvalue weighted by atomic mass is 19.3. The van der Waals surface area contributed by atoms with E-state index in [1.807, 2.05) is 37.3 Å². The number of aliphatic imine (C=N–C) groups is 1. The lowest BCUT2D eigenvalue weighted by Crippen LogP contribution is -2.35. The lowest BCUT2D eigenvalue weighted by Gasteiger charge is -2.34. The van der Waals surface area contributed by atoms with E-state index in [1.54, 1.807) is 12.3 Å². The van der Waals surface area contributed by atoms with Gasteiger partial charge in [0.05, 0.1) is 12.8 Å². The number of ether oxygens (including phenoxy) is 1. The molecule has 170 valence electrons. The summed E-state index contributed by atoms with van der Waals surface area (Å²) in [5, 5.41) is 0. The third-order valence-corrected chi connectivity index (χ3v) is 5.49. The molecule has 2 aromatic rings. The molecular formula is C24H29F2N5O. The van der Waals surface area contributed by atoms with Crippen LogP contribution in [0.3, 0.4) is 0 Å². The number of halogens is 2. The number of rotatable bonds is 8. The van der Waals surface area contributed by atoms with Crippen LogP contribution < -0.4 is 17.2 Å². The van der Waals surface area contributed by atoms with Gasteiger partial charge in [-0.15, -0.1) is 0 Å². The quantitative estimate of drug-likeness (QED) is 0.320. The second-order valence-corrected chi connectivity index (χ2v) is 8.02. The SMILES string of the molecule is CO/C(N)=C/c1ccc(-c2nc(C)ccc2/C(C=NCCC2CC(F)(F)C2)=C/N)cc1N. The Morgan fingerprint density at radius 3 is 2.66 bits per heavy atom. The van der Waals surface area contributed by atoms with E-state index in [-0.39, 0.29) is 24.6 Å². The molecule has 6 nitrogen and oxygen atoms in total. The zero-order chi connectivity index (χ0) is 23.3. The van der Waals surface area contributed by atoms with E-state index < -0.39 is 5.92 Å². The number of methoxy groups -OCH3 is 1. The second-order valence-electron chi connectivity index (χ2n) is 8.02. The number of hydrogen-bond acceptors (Lipinski definition) is 6. The molecule has 0 aliphatic heterocycles. The highest BCUT2D eigenvalue weighted by Crippen LogP contribution is 2.43. The molecule has 0 atom stereocenters. The number of anilines is 1. The van der Waals surface area contributed by atoms with Crippen molar-refractivity contribution in [2.75, 3.05) is 19.4 Å². The van der Waals surface area contributed by atoms with Crippen LogP contribution in [0.25, 0.3) is 22.9 Å². The zero-order valence-electron chi connectivity index (χ0n) is 18.3. The van der Waals surface area contributed by atoms with Gasteiger partial charge in [-0.1, -0.05) is 18.2 Å². The van der Waals surface area contributed by atoms with E-state index in [4.69, 9.17) is 26.9 Å². The van der Waals surface area contributed by atoms with E-state index in [0.29, 0.717) is 29.9 Å². The topological polar surface area (TPSA) is 113 Å². The molecule has 1 aromatic heterocycles. The minimum atomic E-state index is -2.50. The van der Waals surface area contributed by atoms with E-state index in [2.05, 4.69) is 4.99 Å². The summed E-state index contributed by atoms with van der Waals surface area (Å²) < 4.78 is 30.9. The van der Waals surface area contributed by atoms with Crippen LogP contribution >= 0.6 is 0 Å². The number of hydrogen-bond donors (Lipinski definition) is 3. The van der Waals surface area contributed by atoms with E-state index >= 15 is 0 Å². The average molecular weight is 442 g/mol. The molecule has 0 bridgehead atoms. The van der Waals surface area contributed by atoms with Crippen molar-refractivity contribution in [3.8, 4) is 11.3 Å². The lowest BCUT2D eigenvalue weighted by atomic mass is 9.79. The normalized spacial score (nSPS) is 16.9. The maximum absolute atomic E-state index is 13.0. The number of allylic oxidation sites excluding steroid dienone is 1. The smallest absolute Gasteiger partial charge is 0.248 e. The van der Waals surface area contributed by atoms with Gasteiger partial charge in [-0.25, -0.2) is 8.78 Å². The zero-order valence-corrected chi connectivity index (χ0v) is 18.3. The number of benzene rings is 1. The minimum absolute atomic E-state index is 0.0340. The molecule has 1 fully saturated rings. The minimum Gasteiger partial charge on any atom is -0.483 e. The summed E-state index contributed by atoms with van der Waals surface area (Å²) >= 11 is 0. The van der Waals surface area contributed by atoms with Gasteiger partial charge in [-0.2, -0.15) is 0 Å². The predicted molar refractivity (Wildman–Crippen MR) is 126 cm³/mol. The van der Waals surface area contributed by atoms with E-state index in [9.17, 15) is 8.78 Å². The highest BCUT2D eigenvalue weighted by molar-refractivity contribution is 6.11. The number of pyridine rings is 1. The number of aromatic nitrogens is 1. The monoisotopic (exact) mass is 441 g/mol. The van der Waals surface area contributed by atoms with Gasteiger partial charge in [0.25, 0.3) is 0 Å². The van der Waals surface area contributed by atoms with Crippen LogP contribution in [-0.4, -0.2) is 30.8 Å². The van der Waals surface area contributed by atoms with Crippen LogP contribution in [0.1, 0.15) is 36.1 Å². The first-order chi connectivity index (χ1) is 15.2. The van der Waals surface area contributed by atoms with Crippen LogP contribution in [0.5, 0.6) is 0 Å². The van der Waals surface area contributed by atoms with Crippen LogP contribution in [0.15, 0.2) is 47.4 Å². The fraction of sp³-hybridized carbons (Fsp3) is 0.333. The molecule has 0 radical (unpaired) electrons. The number of aryl methyl sites for hydroxylation is 1. The summed E-state index contributed by atoms with van der Waals surface area (Å²) in [6.07, 6.45) is 5.34. The Balaban J connectivity index is 1.82. The standard InChI is InChI=1S/C24H29F2N5O/c1-15-3-6-20(19(13-27)14-30-8-7-16-11-24(25,26)12-16)23(31-15)18-5-4-17(21(28)9-18)10-22(29)32-2/h3-6,9-10,13-14,16H,7-8,11-12,27-29H2,1-2H3/b19-13+,22-10+,30-14?. The molecular weight excluding hydrogens is 412 g/mol. The molecule has 0 spiro atoms. The van der Waals surface area contributed by atoms with Crippen LogP contribution in [0.4, 0.5) is 14.5 Å². The largest absolute Gasteiger partial charge is 0.483 e. The van der Waals surface area contributed by atoms with Crippen molar-refractivity contribution >= 4 is 23.6 Å². The summed E-state index contributed by atoms with van der Waals surface area (Å²) in [6.45, 7) is 2.38. The van der Waals surface area contributed by atoms with Crippen LogP contribution in [0, 0.1) is 12.8 Å². The molecule has 8 heteroatoms. The van der Waals surface area contributed by atoms with Crippen molar-refractivity contribution < 1.29 is 13.5 Å². The Bertz CT molecular complexity index is 1050. The molecule has 32 heavy (non-hydrogen) atoms. The van der Waals surface area contributed by atoms with E-state index in [0.717, 1.165) is 22.4 Å². The van der Waals surface area contributed by atoms with Crippen LogP contribution in [-0.2, 0) is 4.74 Å². The van der Waals surface area contributed by atoms with Crippen molar-refractivity contribution in [2.24, 2.45) is 22.4 Å². The molecule has 0 unspecified atom stereocenters. The maximum atomic E-state index is 13.0. The van der Waals surface area contributed by atoms with Crippen molar-refractivity contribution in [1.29, 1.82) is 0 Å². The second kappa shape index (κ2) is 9.80. The van der Waals surface area contributed by atoms with Gasteiger partial charge in [0.1, 0.15) is 0 Å². The van der Waals surface area contributed by atoms with Gasteiger partial charge in [0.15, 0.2) is 5.88 Å². The summed E-state index contributed by atoms with van der Waals surface area (Å²) in [5.41, 5.74) is 23.0. The lowest BCUT2D eigenvalue weighted by molar-refractivity contribution is -0.111. The average Bonchev–Trinajstić information content (AvgIpc) is 2.74. The Kier molecular flexibility index (Phi) is 7.12. The fourth-order valence-electron chi connectivity index (χ4n) is 3.69. The third kappa shape index (κ3) is 5.63. The molecule has 1 aromatic carbocycles. The fourth-order valence-corrected chi connectivity index (χ4v) is 3.69. The highest BCUT2D eigenvalue weighted by Gasteiger charge is 2.44. The third-order valence-electron chi connectivity index (χ3n) is 5.49.